The van der Waals surface area contributed by atoms with Gasteiger partial charge < -0.3 is 0 Å². The van der Waals surface area contributed by atoms with Gasteiger partial charge in [-0.05, 0) is 62.4 Å². The Kier molecular flexibility index (Phi) is 5.93. The number of nitrogens with zero attached hydrogens (tertiary/aromatic N) is 3. The average molecular weight is 704 g/mol. The normalized spacial score (nSPS) is 15.8. The SMILES string of the molecule is [2H]c1c([2H])c(-c2nc(-c3ccc(-c4ccc5c(c4)C(C)(C)c4cc6ccccc6cc4-5)cc3)nc(-c3c([2H])c([2H])c([2H])c([Si](C)(C)C)c3[2H])n2)c([2H])c([Si](C)(C)C)c1[2H]. The van der Waals surface area contributed by atoms with Gasteiger partial charge in [0, 0.05) is 22.1 Å². The molecule has 0 fully saturated rings. The molecule has 8 rings (SSSR count). The van der Waals surface area contributed by atoms with E-state index in [1.807, 2.05) is 63.5 Å². The molecule has 1 aliphatic rings. The van der Waals surface area contributed by atoms with Crippen molar-refractivity contribution in [2.75, 3.05) is 0 Å². The lowest BCUT2D eigenvalue weighted by molar-refractivity contribution is 0.661. The Morgan fingerprint density at radius 2 is 0.961 bits per heavy atom. The molecule has 3 nitrogen and oxygen atoms in total. The van der Waals surface area contributed by atoms with Gasteiger partial charge in [-0.15, -0.1) is 0 Å². The summed E-state index contributed by atoms with van der Waals surface area (Å²) in [7, 11) is -4.78. The topological polar surface area (TPSA) is 38.7 Å². The fourth-order valence-corrected chi connectivity index (χ4v) is 8.68. The van der Waals surface area contributed by atoms with Gasteiger partial charge in [-0.3, -0.25) is 0 Å². The first-order chi connectivity index (χ1) is 27.6. The van der Waals surface area contributed by atoms with Crippen molar-refractivity contribution in [2.45, 2.75) is 58.5 Å². The summed E-state index contributed by atoms with van der Waals surface area (Å²) in [5, 5.41) is 3.25. The monoisotopic (exact) mass is 703 g/mol. The molecule has 1 aliphatic carbocycles. The van der Waals surface area contributed by atoms with Crippen molar-refractivity contribution in [2.24, 2.45) is 0 Å². The molecule has 0 saturated heterocycles. The molecule has 5 heteroatoms. The van der Waals surface area contributed by atoms with Crippen molar-refractivity contribution in [3.63, 3.8) is 0 Å². The zero-order valence-electron chi connectivity index (χ0n) is 38.3. The van der Waals surface area contributed by atoms with Crippen LogP contribution in [0.3, 0.4) is 0 Å². The average Bonchev–Trinajstić information content (AvgIpc) is 3.38. The maximum absolute atomic E-state index is 9.30. The van der Waals surface area contributed by atoms with Crippen molar-refractivity contribution in [1.29, 1.82) is 0 Å². The maximum Gasteiger partial charge on any atom is 0.164 e. The Hall–Kier alpha value is -4.98. The standard InChI is InChI=1S/C46H45N3Si2/c1-46(2)41-29-34(23-24-39(41)40-27-32-13-9-10-14-33(32)28-42(40)46)30-19-21-31(22-20-30)43-47-44(35-15-11-17-37(25-35)50(3,4)5)49-45(48-43)36-16-12-18-38(26-36)51(6,7)8/h9-29H,1-8H3/i11D,12D,15D,16D,17D,18D,25D,26D. The van der Waals surface area contributed by atoms with Gasteiger partial charge in [0.15, 0.2) is 17.5 Å². The number of rotatable bonds is 6. The number of hydrogen-bond donors (Lipinski definition) is 0. The minimum atomic E-state index is -2.39. The lowest BCUT2D eigenvalue weighted by atomic mass is 9.81. The van der Waals surface area contributed by atoms with Crippen LogP contribution in [0, 0.1) is 0 Å². The summed E-state index contributed by atoms with van der Waals surface area (Å²) in [5.74, 6) is -0.00111. The van der Waals surface area contributed by atoms with Gasteiger partial charge in [-0.25, -0.2) is 15.0 Å². The lowest BCUT2D eigenvalue weighted by Crippen LogP contribution is -2.37. The second-order valence-electron chi connectivity index (χ2n) is 16.0. The van der Waals surface area contributed by atoms with Crippen LogP contribution >= 0.6 is 0 Å². The Balaban J connectivity index is 1.30. The number of benzene rings is 6. The fourth-order valence-electron chi connectivity index (χ4n) is 6.80. The van der Waals surface area contributed by atoms with Gasteiger partial charge in [0.1, 0.15) is 0 Å². The highest BCUT2D eigenvalue weighted by atomic mass is 28.3. The molecule has 0 radical (unpaired) electrons. The van der Waals surface area contributed by atoms with E-state index < -0.39 is 16.1 Å². The summed E-state index contributed by atoms with van der Waals surface area (Å²) in [6.07, 6.45) is 0. The first-order valence-electron chi connectivity index (χ1n) is 21.4. The van der Waals surface area contributed by atoms with Gasteiger partial charge in [-0.2, -0.15) is 0 Å². The zero-order chi connectivity index (χ0) is 42.7. The summed E-state index contributed by atoms with van der Waals surface area (Å²) in [6.45, 7) is 16.4. The van der Waals surface area contributed by atoms with E-state index in [4.69, 9.17) is 23.2 Å². The Bertz CT molecular complexity index is 2820. The molecule has 7 aromatic rings. The summed E-state index contributed by atoms with van der Waals surface area (Å²) in [5.41, 5.74) is 7.38. The molecule has 0 amide bonds. The Labute approximate surface area is 315 Å². The summed E-state index contributed by atoms with van der Waals surface area (Å²) >= 11 is 0. The third kappa shape index (κ3) is 6.09. The van der Waals surface area contributed by atoms with Crippen LogP contribution in [-0.2, 0) is 5.41 Å². The van der Waals surface area contributed by atoms with E-state index in [1.54, 1.807) is 0 Å². The second kappa shape index (κ2) is 12.1. The molecular formula is C46H45N3Si2. The van der Waals surface area contributed by atoms with Crippen LogP contribution < -0.4 is 10.4 Å². The van der Waals surface area contributed by atoms with Crippen molar-refractivity contribution >= 4 is 37.3 Å². The van der Waals surface area contributed by atoms with Crippen LogP contribution in [0.25, 0.3) is 67.2 Å². The predicted octanol–water partition coefficient (Wildman–Crippen LogP) is 11.1. The van der Waals surface area contributed by atoms with Crippen LogP contribution in [0.15, 0.2) is 127 Å². The van der Waals surface area contributed by atoms with Gasteiger partial charge in [0.25, 0.3) is 0 Å². The molecule has 0 aliphatic heterocycles. The van der Waals surface area contributed by atoms with E-state index in [1.165, 1.54) is 33.0 Å². The summed E-state index contributed by atoms with van der Waals surface area (Å²) in [4.78, 5) is 14.3. The molecule has 6 aromatic carbocycles. The fraction of sp³-hybridized carbons (Fsp3) is 0.196. The van der Waals surface area contributed by atoms with Gasteiger partial charge in [0.05, 0.1) is 27.1 Å². The van der Waals surface area contributed by atoms with E-state index in [9.17, 15) is 2.74 Å². The molecular weight excluding hydrogens is 651 g/mol. The highest BCUT2D eigenvalue weighted by Crippen LogP contribution is 2.50. The lowest BCUT2D eigenvalue weighted by Gasteiger charge is -2.22. The van der Waals surface area contributed by atoms with Crippen LogP contribution in [0.1, 0.15) is 35.9 Å². The van der Waals surface area contributed by atoms with Crippen LogP contribution in [0.2, 0.25) is 39.3 Å². The van der Waals surface area contributed by atoms with E-state index in [2.05, 4.69) is 68.4 Å². The highest BCUT2D eigenvalue weighted by molar-refractivity contribution is 6.89. The first-order valence-corrected chi connectivity index (χ1v) is 24.4. The minimum absolute atomic E-state index is 0.0220. The molecule has 51 heavy (non-hydrogen) atoms. The number of fused-ring (bicyclic) bond motifs is 4. The number of aromatic nitrogens is 3. The second-order valence-corrected chi connectivity index (χ2v) is 26.0. The van der Waals surface area contributed by atoms with E-state index in [0.29, 0.717) is 15.9 Å². The molecule has 0 N–H and O–H groups in total. The van der Waals surface area contributed by atoms with Gasteiger partial charge in [0.2, 0.25) is 0 Å². The minimum Gasteiger partial charge on any atom is -0.208 e. The van der Waals surface area contributed by atoms with E-state index >= 15 is 0 Å². The van der Waals surface area contributed by atoms with Gasteiger partial charge in [-0.1, -0.05) is 173 Å². The molecule has 1 heterocycles. The predicted molar refractivity (Wildman–Crippen MR) is 223 cm³/mol. The Morgan fingerprint density at radius 3 is 1.51 bits per heavy atom. The molecule has 1 aromatic heterocycles. The largest absolute Gasteiger partial charge is 0.208 e. The molecule has 0 unspecified atom stereocenters. The molecule has 0 spiro atoms. The van der Waals surface area contributed by atoms with Crippen molar-refractivity contribution in [3.05, 3.63) is 138 Å². The Morgan fingerprint density at radius 1 is 0.490 bits per heavy atom. The van der Waals surface area contributed by atoms with Crippen LogP contribution in [0.5, 0.6) is 0 Å². The highest BCUT2D eigenvalue weighted by Gasteiger charge is 2.36. The molecule has 0 saturated carbocycles. The zero-order valence-corrected chi connectivity index (χ0v) is 32.3. The third-order valence-electron chi connectivity index (χ3n) is 9.85. The summed E-state index contributed by atoms with van der Waals surface area (Å²) < 4.78 is 71.5. The van der Waals surface area contributed by atoms with Crippen LogP contribution in [-0.4, -0.2) is 31.1 Å². The van der Waals surface area contributed by atoms with E-state index in [-0.39, 0.29) is 82.4 Å². The van der Waals surface area contributed by atoms with Crippen molar-refractivity contribution in [3.8, 4) is 56.4 Å². The molecule has 0 atom stereocenters. The quantitative estimate of drug-likeness (QED) is 0.162. The van der Waals surface area contributed by atoms with Crippen molar-refractivity contribution in [1.82, 2.24) is 15.0 Å². The maximum atomic E-state index is 9.30. The van der Waals surface area contributed by atoms with Crippen LogP contribution in [0.4, 0.5) is 0 Å². The van der Waals surface area contributed by atoms with Gasteiger partial charge >= 0.3 is 0 Å². The first kappa shape index (κ1) is 25.1. The number of hydrogen-bond acceptors (Lipinski definition) is 3. The molecule has 252 valence electrons. The van der Waals surface area contributed by atoms with E-state index in [0.717, 1.165) is 11.1 Å². The summed E-state index contributed by atoms with van der Waals surface area (Å²) in [6, 6.07) is 25.6. The van der Waals surface area contributed by atoms with Crippen molar-refractivity contribution < 1.29 is 11.0 Å². The smallest absolute Gasteiger partial charge is 0.164 e. The molecule has 0 bridgehead atoms. The third-order valence-corrected chi connectivity index (χ3v) is 13.4.